The van der Waals surface area contributed by atoms with Crippen molar-refractivity contribution in [3.63, 3.8) is 0 Å². The van der Waals surface area contributed by atoms with Crippen molar-refractivity contribution in [3.05, 3.63) is 89.5 Å². The van der Waals surface area contributed by atoms with E-state index in [-0.39, 0.29) is 0 Å². The van der Waals surface area contributed by atoms with Gasteiger partial charge in [-0.2, -0.15) is 0 Å². The van der Waals surface area contributed by atoms with E-state index in [0.717, 1.165) is 16.7 Å². The van der Waals surface area contributed by atoms with Crippen LogP contribution < -0.4 is 14.2 Å². The summed E-state index contributed by atoms with van der Waals surface area (Å²) < 4.78 is 17.7. The number of hydrogen-bond acceptors (Lipinski definition) is 3. The van der Waals surface area contributed by atoms with Gasteiger partial charge in [-0.05, 0) is 28.8 Å². The topological polar surface area (TPSA) is 27.7 Å². The lowest BCUT2D eigenvalue weighted by atomic mass is 10.2. The highest BCUT2D eigenvalue weighted by molar-refractivity contribution is 9.08. The van der Waals surface area contributed by atoms with E-state index >= 15 is 0 Å². The molecule has 0 amide bonds. The van der Waals surface area contributed by atoms with Crippen LogP contribution in [0.5, 0.6) is 17.2 Å². The van der Waals surface area contributed by atoms with Gasteiger partial charge in [0.1, 0.15) is 13.2 Å². The highest BCUT2D eigenvalue weighted by atomic mass is 79.9. The molecule has 0 unspecified atom stereocenters. The largest absolute Gasteiger partial charge is 0.493 e. The minimum absolute atomic E-state index is 0.451. The highest BCUT2D eigenvalue weighted by Gasteiger charge is 2.15. The molecule has 0 spiro atoms. The second-order valence-corrected chi connectivity index (χ2v) is 6.37. The fourth-order valence-electron chi connectivity index (χ4n) is 2.57. The number of ether oxygens (including phenoxy) is 3. The normalized spacial score (nSPS) is 10.4. The zero-order valence-electron chi connectivity index (χ0n) is 14.7. The Labute approximate surface area is 162 Å². The predicted molar refractivity (Wildman–Crippen MR) is 107 cm³/mol. The molecule has 3 nitrogen and oxygen atoms in total. The molecule has 0 fully saturated rings. The minimum atomic E-state index is 0.451. The fraction of sp³-hybridized carbons (Fsp3) is 0.182. The second-order valence-electron chi connectivity index (χ2n) is 5.81. The molecule has 26 heavy (non-hydrogen) atoms. The summed E-state index contributed by atoms with van der Waals surface area (Å²) in [6.07, 6.45) is 0. The molecule has 0 aliphatic rings. The molecule has 0 bridgehead atoms. The summed E-state index contributed by atoms with van der Waals surface area (Å²) in [7, 11) is 1.64. The van der Waals surface area contributed by atoms with Gasteiger partial charge in [0.25, 0.3) is 0 Å². The number of hydrogen-bond donors (Lipinski definition) is 0. The van der Waals surface area contributed by atoms with Crippen molar-refractivity contribution in [2.75, 3.05) is 7.11 Å². The van der Waals surface area contributed by atoms with Crippen molar-refractivity contribution in [3.8, 4) is 17.2 Å². The van der Waals surface area contributed by atoms with Crippen LogP contribution in [-0.4, -0.2) is 7.11 Å². The first-order valence-corrected chi connectivity index (χ1v) is 9.52. The van der Waals surface area contributed by atoms with E-state index in [2.05, 4.69) is 15.9 Å². The summed E-state index contributed by atoms with van der Waals surface area (Å²) in [5.41, 5.74) is 3.26. The van der Waals surface area contributed by atoms with Crippen LogP contribution in [0.25, 0.3) is 0 Å². The van der Waals surface area contributed by atoms with Gasteiger partial charge in [0.2, 0.25) is 5.75 Å². The third-order valence-electron chi connectivity index (χ3n) is 3.92. The Morgan fingerprint density at radius 3 is 1.77 bits per heavy atom. The van der Waals surface area contributed by atoms with Crippen LogP contribution in [0, 0.1) is 0 Å². The molecule has 0 saturated carbocycles. The van der Waals surface area contributed by atoms with Crippen molar-refractivity contribution < 1.29 is 14.2 Å². The first kappa shape index (κ1) is 18.3. The second kappa shape index (κ2) is 9.30. The lowest BCUT2D eigenvalue weighted by molar-refractivity contribution is 0.243. The quantitative estimate of drug-likeness (QED) is 0.441. The maximum Gasteiger partial charge on any atom is 0.203 e. The summed E-state index contributed by atoms with van der Waals surface area (Å²) in [5.74, 6) is 1.97. The van der Waals surface area contributed by atoms with Crippen LogP contribution in [0.2, 0.25) is 0 Å². The molecule has 0 N–H and O–H groups in total. The Hall–Kier alpha value is -2.46. The summed E-state index contributed by atoms with van der Waals surface area (Å²) >= 11 is 3.50. The Kier molecular flexibility index (Phi) is 6.56. The molecular formula is C22H21BrO3. The summed E-state index contributed by atoms with van der Waals surface area (Å²) in [4.78, 5) is 0. The third kappa shape index (κ3) is 4.79. The van der Waals surface area contributed by atoms with Crippen molar-refractivity contribution in [2.24, 2.45) is 0 Å². The van der Waals surface area contributed by atoms with Gasteiger partial charge >= 0.3 is 0 Å². The molecule has 134 valence electrons. The number of halogens is 1. The van der Waals surface area contributed by atoms with E-state index in [1.165, 1.54) is 0 Å². The van der Waals surface area contributed by atoms with Crippen LogP contribution >= 0.6 is 15.9 Å². The van der Waals surface area contributed by atoms with Crippen LogP contribution in [0.4, 0.5) is 0 Å². The van der Waals surface area contributed by atoms with Crippen LogP contribution in [0.1, 0.15) is 16.7 Å². The zero-order chi connectivity index (χ0) is 18.2. The van der Waals surface area contributed by atoms with Gasteiger partial charge < -0.3 is 14.2 Å². The lowest BCUT2D eigenvalue weighted by Gasteiger charge is -2.17. The Balaban J connectivity index is 1.84. The Morgan fingerprint density at radius 2 is 1.23 bits per heavy atom. The molecule has 0 saturated heterocycles. The molecule has 3 aromatic rings. The van der Waals surface area contributed by atoms with Gasteiger partial charge in [0, 0.05) is 5.33 Å². The van der Waals surface area contributed by atoms with E-state index in [1.807, 2.05) is 72.8 Å². The molecule has 0 atom stereocenters. The van der Waals surface area contributed by atoms with E-state index in [4.69, 9.17) is 14.2 Å². The third-order valence-corrected chi connectivity index (χ3v) is 4.57. The summed E-state index contributed by atoms with van der Waals surface area (Å²) in [5, 5.41) is 0.712. The summed E-state index contributed by atoms with van der Waals surface area (Å²) in [6.45, 7) is 0.921. The first-order chi connectivity index (χ1) is 12.8. The van der Waals surface area contributed by atoms with Crippen LogP contribution in [-0.2, 0) is 18.5 Å². The molecule has 0 heterocycles. The van der Waals surface area contributed by atoms with Crippen molar-refractivity contribution in [2.45, 2.75) is 18.5 Å². The maximum absolute atomic E-state index is 6.07. The molecule has 3 rings (SSSR count). The number of rotatable bonds is 8. The summed E-state index contributed by atoms with van der Waals surface area (Å²) in [6, 6.07) is 24.1. The molecule has 3 aromatic carbocycles. The van der Waals surface area contributed by atoms with Gasteiger partial charge in [-0.15, -0.1) is 0 Å². The molecule has 4 heteroatoms. The minimum Gasteiger partial charge on any atom is -0.493 e. The number of alkyl halides is 1. The van der Waals surface area contributed by atoms with Crippen LogP contribution in [0.15, 0.2) is 72.8 Å². The number of methoxy groups -OCH3 is 1. The molecule has 0 radical (unpaired) electrons. The lowest BCUT2D eigenvalue weighted by Crippen LogP contribution is -2.03. The Morgan fingerprint density at radius 1 is 0.692 bits per heavy atom. The van der Waals surface area contributed by atoms with E-state index in [9.17, 15) is 0 Å². The maximum atomic E-state index is 6.07. The highest BCUT2D eigenvalue weighted by Crippen LogP contribution is 2.40. The zero-order valence-corrected chi connectivity index (χ0v) is 16.2. The Bertz CT molecular complexity index is 820. The predicted octanol–water partition coefficient (Wildman–Crippen LogP) is 5.75. The average molecular weight is 413 g/mol. The van der Waals surface area contributed by atoms with E-state index < -0.39 is 0 Å². The van der Waals surface area contributed by atoms with Gasteiger partial charge in [-0.1, -0.05) is 76.6 Å². The first-order valence-electron chi connectivity index (χ1n) is 8.40. The monoisotopic (exact) mass is 412 g/mol. The van der Waals surface area contributed by atoms with Crippen molar-refractivity contribution in [1.82, 2.24) is 0 Å². The average Bonchev–Trinajstić information content (AvgIpc) is 2.72. The SMILES string of the molecule is COc1cc(CBr)cc(OCc2ccccc2)c1OCc1ccccc1. The van der Waals surface area contributed by atoms with Gasteiger partial charge in [-0.3, -0.25) is 0 Å². The fourth-order valence-corrected chi connectivity index (χ4v) is 2.90. The molecular weight excluding hydrogens is 392 g/mol. The van der Waals surface area contributed by atoms with Gasteiger partial charge in [-0.25, -0.2) is 0 Å². The standard InChI is InChI=1S/C22H21BrO3/c1-24-20-12-19(14-23)13-21(25-15-17-8-4-2-5-9-17)22(20)26-16-18-10-6-3-7-11-18/h2-13H,14-16H2,1H3. The smallest absolute Gasteiger partial charge is 0.203 e. The number of benzene rings is 3. The van der Waals surface area contributed by atoms with Crippen LogP contribution in [0.3, 0.4) is 0 Å². The van der Waals surface area contributed by atoms with Gasteiger partial charge in [0.15, 0.2) is 11.5 Å². The van der Waals surface area contributed by atoms with Crippen molar-refractivity contribution >= 4 is 15.9 Å². The molecule has 0 aromatic heterocycles. The van der Waals surface area contributed by atoms with E-state index in [0.29, 0.717) is 35.8 Å². The van der Waals surface area contributed by atoms with Gasteiger partial charge in [0.05, 0.1) is 7.11 Å². The molecule has 0 aliphatic heterocycles. The van der Waals surface area contributed by atoms with E-state index in [1.54, 1.807) is 7.11 Å². The molecule has 0 aliphatic carbocycles. The van der Waals surface area contributed by atoms with Crippen molar-refractivity contribution in [1.29, 1.82) is 0 Å².